The molecule has 0 fully saturated rings. The highest BCUT2D eigenvalue weighted by Gasteiger charge is 2.01. The van der Waals surface area contributed by atoms with E-state index in [1.165, 1.54) is 0 Å². The third-order valence-electron chi connectivity index (χ3n) is 2.14. The summed E-state index contributed by atoms with van der Waals surface area (Å²) in [6.07, 6.45) is 0. The second kappa shape index (κ2) is 7.98. The van der Waals surface area contributed by atoms with Crippen molar-refractivity contribution in [3.63, 3.8) is 0 Å². The Hall–Kier alpha value is -1.31. The minimum atomic E-state index is -3.45. The zero-order chi connectivity index (χ0) is 14.1. The topological polar surface area (TPSA) is 87.8 Å². The Balaban J connectivity index is 2.15. The lowest BCUT2D eigenvalue weighted by Crippen LogP contribution is -2.21. The van der Waals surface area contributed by atoms with E-state index in [1.54, 1.807) is 12.1 Å². The summed E-state index contributed by atoms with van der Waals surface area (Å²) in [4.78, 5) is 0. The van der Waals surface area contributed by atoms with Crippen LogP contribution in [0.2, 0.25) is 0 Å². The first-order valence-electron chi connectivity index (χ1n) is 5.95. The number of benzene rings is 1. The Bertz CT molecular complexity index is 458. The van der Waals surface area contributed by atoms with Crippen molar-refractivity contribution in [1.29, 1.82) is 0 Å². The summed E-state index contributed by atoms with van der Waals surface area (Å²) in [5.41, 5.74) is 0. The molecule has 0 radical (unpaired) electrons. The highest BCUT2D eigenvalue weighted by Crippen LogP contribution is 2.17. The number of nitrogens with two attached hydrogens (primary N) is 1. The third-order valence-corrected chi connectivity index (χ3v) is 2.88. The summed E-state index contributed by atoms with van der Waals surface area (Å²) in [5.74, 6) is 1.31. The smallest absolute Gasteiger partial charge is 0.211 e. The van der Waals surface area contributed by atoms with Gasteiger partial charge in [-0.1, -0.05) is 0 Å². The molecule has 0 aromatic heterocycles. The van der Waals surface area contributed by atoms with Crippen molar-refractivity contribution in [2.45, 2.75) is 6.92 Å². The van der Waals surface area contributed by atoms with Crippen LogP contribution in [0.1, 0.15) is 6.92 Å². The Morgan fingerprint density at radius 3 is 2.11 bits per heavy atom. The molecule has 1 aromatic rings. The highest BCUT2D eigenvalue weighted by atomic mass is 32.2. The molecule has 0 atom stereocenters. The van der Waals surface area contributed by atoms with Crippen molar-refractivity contribution in [2.24, 2.45) is 5.14 Å². The molecular formula is C12H19NO5S. The predicted octanol–water partition coefficient (Wildman–Crippen LogP) is 0.769. The Kier molecular flexibility index (Phi) is 6.61. The van der Waals surface area contributed by atoms with Crippen LogP contribution in [0.4, 0.5) is 0 Å². The molecule has 1 aromatic carbocycles. The van der Waals surface area contributed by atoms with Gasteiger partial charge in [0.05, 0.1) is 25.6 Å². The normalized spacial score (nSPS) is 11.3. The molecule has 0 unspecified atom stereocenters. The van der Waals surface area contributed by atoms with E-state index in [-0.39, 0.29) is 12.4 Å². The second-order valence-electron chi connectivity index (χ2n) is 3.73. The SMILES string of the molecule is CCOc1ccc(OCCOCCS(N)(=O)=O)cc1. The molecule has 7 heteroatoms. The number of hydrogen-bond acceptors (Lipinski definition) is 5. The van der Waals surface area contributed by atoms with Crippen LogP contribution in [0, 0.1) is 0 Å². The maximum absolute atomic E-state index is 10.6. The highest BCUT2D eigenvalue weighted by molar-refractivity contribution is 7.89. The van der Waals surface area contributed by atoms with Gasteiger partial charge < -0.3 is 14.2 Å². The fraction of sp³-hybridized carbons (Fsp3) is 0.500. The van der Waals surface area contributed by atoms with Gasteiger partial charge in [0.25, 0.3) is 0 Å². The van der Waals surface area contributed by atoms with E-state index >= 15 is 0 Å². The van der Waals surface area contributed by atoms with Gasteiger partial charge in [0, 0.05) is 0 Å². The maximum Gasteiger partial charge on any atom is 0.211 e. The van der Waals surface area contributed by atoms with Crippen LogP contribution in [0.5, 0.6) is 11.5 Å². The molecule has 0 aliphatic heterocycles. The minimum Gasteiger partial charge on any atom is -0.494 e. The fourth-order valence-corrected chi connectivity index (χ4v) is 1.64. The summed E-state index contributed by atoms with van der Waals surface area (Å²) in [5, 5.41) is 4.83. The van der Waals surface area contributed by atoms with Crippen LogP contribution in [0.25, 0.3) is 0 Å². The van der Waals surface area contributed by atoms with Crippen molar-refractivity contribution in [2.75, 3.05) is 32.2 Å². The number of sulfonamides is 1. The molecule has 0 amide bonds. The van der Waals surface area contributed by atoms with E-state index in [4.69, 9.17) is 19.3 Å². The Morgan fingerprint density at radius 2 is 1.58 bits per heavy atom. The van der Waals surface area contributed by atoms with Crippen molar-refractivity contribution in [3.8, 4) is 11.5 Å². The number of ether oxygens (including phenoxy) is 3. The summed E-state index contributed by atoms with van der Waals surface area (Å²) in [6.45, 7) is 3.27. The standard InChI is InChI=1S/C12H19NO5S/c1-2-17-11-3-5-12(6-4-11)18-8-7-16-9-10-19(13,14)15/h3-6H,2,7-10H2,1H3,(H2,13,14,15). The van der Waals surface area contributed by atoms with E-state index < -0.39 is 10.0 Å². The Morgan fingerprint density at radius 1 is 1.00 bits per heavy atom. The average molecular weight is 289 g/mol. The molecule has 108 valence electrons. The van der Waals surface area contributed by atoms with Crippen molar-refractivity contribution < 1.29 is 22.6 Å². The van der Waals surface area contributed by atoms with Crippen LogP contribution >= 0.6 is 0 Å². The molecular weight excluding hydrogens is 270 g/mol. The molecule has 1 rings (SSSR count). The van der Waals surface area contributed by atoms with Gasteiger partial charge in [-0.05, 0) is 31.2 Å². The quantitative estimate of drug-likeness (QED) is 0.678. The molecule has 6 nitrogen and oxygen atoms in total. The molecule has 0 heterocycles. The largest absolute Gasteiger partial charge is 0.494 e. The third kappa shape index (κ3) is 7.66. The maximum atomic E-state index is 10.6. The van der Waals surface area contributed by atoms with E-state index in [9.17, 15) is 8.42 Å². The van der Waals surface area contributed by atoms with E-state index in [0.717, 1.165) is 5.75 Å². The number of primary sulfonamides is 1. The van der Waals surface area contributed by atoms with Crippen LogP contribution in [0.3, 0.4) is 0 Å². The molecule has 0 spiro atoms. The summed E-state index contributed by atoms with van der Waals surface area (Å²) >= 11 is 0. The van der Waals surface area contributed by atoms with Crippen molar-refractivity contribution in [3.05, 3.63) is 24.3 Å². The molecule has 0 saturated carbocycles. The van der Waals surface area contributed by atoms with Gasteiger partial charge in [-0.2, -0.15) is 0 Å². The fourth-order valence-electron chi connectivity index (χ4n) is 1.29. The molecule has 0 aliphatic rings. The van der Waals surface area contributed by atoms with E-state index in [0.29, 0.717) is 25.6 Å². The lowest BCUT2D eigenvalue weighted by atomic mass is 10.3. The van der Waals surface area contributed by atoms with Crippen LogP contribution < -0.4 is 14.6 Å². The molecule has 0 saturated heterocycles. The van der Waals surface area contributed by atoms with Gasteiger partial charge in [-0.25, -0.2) is 13.6 Å². The molecule has 2 N–H and O–H groups in total. The van der Waals surface area contributed by atoms with Gasteiger partial charge in [0.1, 0.15) is 18.1 Å². The zero-order valence-corrected chi connectivity index (χ0v) is 11.7. The van der Waals surface area contributed by atoms with Crippen LogP contribution in [0.15, 0.2) is 24.3 Å². The van der Waals surface area contributed by atoms with Crippen molar-refractivity contribution >= 4 is 10.0 Å². The molecule has 19 heavy (non-hydrogen) atoms. The summed E-state index contributed by atoms with van der Waals surface area (Å²) in [6, 6.07) is 7.24. The number of rotatable bonds is 9. The van der Waals surface area contributed by atoms with Crippen molar-refractivity contribution in [1.82, 2.24) is 0 Å². The first kappa shape index (κ1) is 15.7. The van der Waals surface area contributed by atoms with Gasteiger partial charge in [0.15, 0.2) is 0 Å². The summed E-state index contributed by atoms with van der Waals surface area (Å²) in [7, 11) is -3.45. The Labute approximate surface area is 113 Å². The summed E-state index contributed by atoms with van der Waals surface area (Å²) < 4.78 is 37.0. The molecule has 0 bridgehead atoms. The zero-order valence-electron chi connectivity index (χ0n) is 10.9. The van der Waals surface area contributed by atoms with Crippen LogP contribution in [-0.2, 0) is 14.8 Å². The second-order valence-corrected chi connectivity index (χ2v) is 5.47. The molecule has 0 aliphatic carbocycles. The van der Waals surface area contributed by atoms with E-state index in [2.05, 4.69) is 0 Å². The average Bonchev–Trinajstić information content (AvgIpc) is 2.35. The van der Waals surface area contributed by atoms with Gasteiger partial charge in [0.2, 0.25) is 10.0 Å². The van der Waals surface area contributed by atoms with Gasteiger partial charge in [-0.15, -0.1) is 0 Å². The van der Waals surface area contributed by atoms with Gasteiger partial charge in [-0.3, -0.25) is 0 Å². The monoisotopic (exact) mass is 289 g/mol. The van der Waals surface area contributed by atoms with E-state index in [1.807, 2.05) is 19.1 Å². The lowest BCUT2D eigenvalue weighted by molar-refractivity contribution is 0.111. The first-order valence-corrected chi connectivity index (χ1v) is 7.66. The van der Waals surface area contributed by atoms with Crippen LogP contribution in [-0.4, -0.2) is 40.6 Å². The number of hydrogen-bond donors (Lipinski definition) is 1. The lowest BCUT2D eigenvalue weighted by Gasteiger charge is -2.08. The first-order chi connectivity index (χ1) is 9.01. The van der Waals surface area contributed by atoms with Gasteiger partial charge >= 0.3 is 0 Å². The minimum absolute atomic E-state index is 0.0749. The predicted molar refractivity (Wildman–Crippen MR) is 71.9 cm³/mol.